The van der Waals surface area contributed by atoms with Crippen LogP contribution in [0.25, 0.3) is 0 Å². The number of amides is 1. The summed E-state index contributed by atoms with van der Waals surface area (Å²) in [6, 6.07) is 2.82. The van der Waals surface area contributed by atoms with Crippen molar-refractivity contribution in [2.75, 3.05) is 0 Å². The van der Waals surface area contributed by atoms with E-state index in [1.165, 1.54) is 29.2 Å². The smallest absolute Gasteiger partial charge is 0.358 e. The zero-order valence-corrected chi connectivity index (χ0v) is 12.5. The van der Waals surface area contributed by atoms with E-state index in [1.54, 1.807) is 0 Å². The van der Waals surface area contributed by atoms with Gasteiger partial charge in [-0.1, -0.05) is 11.6 Å². The lowest BCUT2D eigenvalue weighted by molar-refractivity contribution is -0.389. The van der Waals surface area contributed by atoms with Crippen LogP contribution in [-0.2, 0) is 11.3 Å². The highest BCUT2D eigenvalue weighted by Gasteiger charge is 2.19. The Morgan fingerprint density at radius 1 is 1.64 bits per heavy atom. The summed E-state index contributed by atoms with van der Waals surface area (Å²) in [7, 11) is 0. The number of carbonyl (C=O) groups excluding carboxylic acids is 1. The van der Waals surface area contributed by atoms with Gasteiger partial charge in [-0.05, 0) is 17.1 Å². The number of hydrogen-bond donors (Lipinski definition) is 1. The Morgan fingerprint density at radius 2 is 2.41 bits per heavy atom. The molecular weight excluding hydrogens is 337 g/mol. The van der Waals surface area contributed by atoms with E-state index < -0.39 is 16.6 Å². The number of rotatable bonds is 6. The molecule has 0 aromatic carbocycles. The van der Waals surface area contributed by atoms with E-state index in [-0.39, 0.29) is 23.1 Å². The molecular formula is C11H9ClFN5O3S. The zero-order valence-electron chi connectivity index (χ0n) is 10.9. The summed E-state index contributed by atoms with van der Waals surface area (Å²) in [5, 5.41) is 17.4. The third kappa shape index (κ3) is 4.33. The van der Waals surface area contributed by atoms with Crippen molar-refractivity contribution >= 4 is 40.9 Å². The topological polar surface area (TPSA) is 102 Å². The second-order valence-electron chi connectivity index (χ2n) is 4.01. The number of nitrogens with zero attached hydrogens (tertiary/aromatic N) is 4. The number of thiophene rings is 1. The van der Waals surface area contributed by atoms with Gasteiger partial charge in [0.15, 0.2) is 10.2 Å². The van der Waals surface area contributed by atoms with E-state index in [9.17, 15) is 19.3 Å². The fourth-order valence-corrected chi connectivity index (χ4v) is 2.28. The van der Waals surface area contributed by atoms with Gasteiger partial charge < -0.3 is 10.1 Å². The first-order valence-corrected chi connectivity index (χ1v) is 7.09. The average Bonchev–Trinajstić information content (AvgIpc) is 3.02. The number of carbonyl (C=O) groups is 1. The van der Waals surface area contributed by atoms with Crippen LogP contribution in [0.3, 0.4) is 0 Å². The molecule has 8 nitrogen and oxygen atoms in total. The van der Waals surface area contributed by atoms with E-state index >= 15 is 0 Å². The Hall–Kier alpha value is -2.33. The van der Waals surface area contributed by atoms with Crippen molar-refractivity contribution < 1.29 is 14.1 Å². The number of hydrazone groups is 1. The summed E-state index contributed by atoms with van der Waals surface area (Å²) in [6.45, 7) is 0.114. The Morgan fingerprint density at radius 3 is 3.00 bits per heavy atom. The maximum atomic E-state index is 12.7. The lowest BCUT2D eigenvalue weighted by atomic mass is 10.4. The molecule has 116 valence electrons. The minimum absolute atomic E-state index is 0.00526. The lowest BCUT2D eigenvalue weighted by Crippen LogP contribution is -2.19. The summed E-state index contributed by atoms with van der Waals surface area (Å²) < 4.78 is 13.9. The SMILES string of the molecule is O=C(CCn1cc(Cl)c([N+](=O)[O-])n1)N/N=C/c1ccc(F)s1. The largest absolute Gasteiger partial charge is 0.408 e. The van der Waals surface area contributed by atoms with Crippen molar-refractivity contribution in [3.8, 4) is 0 Å². The van der Waals surface area contributed by atoms with Crippen LogP contribution >= 0.6 is 22.9 Å². The van der Waals surface area contributed by atoms with Crippen molar-refractivity contribution in [3.05, 3.63) is 43.5 Å². The Kier molecular flexibility index (Phi) is 5.17. The van der Waals surface area contributed by atoms with Gasteiger partial charge in [-0.25, -0.2) is 5.43 Å². The quantitative estimate of drug-likeness (QED) is 0.492. The van der Waals surface area contributed by atoms with Crippen LogP contribution in [0, 0.1) is 15.2 Å². The fourth-order valence-electron chi connectivity index (χ4n) is 1.46. The molecule has 0 spiro atoms. The van der Waals surface area contributed by atoms with Crippen molar-refractivity contribution in [1.82, 2.24) is 15.2 Å². The van der Waals surface area contributed by atoms with Gasteiger partial charge in [0, 0.05) is 6.42 Å². The molecule has 22 heavy (non-hydrogen) atoms. The van der Waals surface area contributed by atoms with Gasteiger partial charge in [0.05, 0.1) is 28.9 Å². The second kappa shape index (κ2) is 7.09. The normalized spacial score (nSPS) is 11.0. The maximum Gasteiger partial charge on any atom is 0.408 e. The highest BCUT2D eigenvalue weighted by molar-refractivity contribution is 7.12. The summed E-state index contributed by atoms with van der Waals surface area (Å²) in [5.74, 6) is -0.873. The first-order valence-electron chi connectivity index (χ1n) is 5.90. The average molecular weight is 346 g/mol. The van der Waals surface area contributed by atoms with Gasteiger partial charge >= 0.3 is 5.82 Å². The molecule has 0 fully saturated rings. The second-order valence-corrected chi connectivity index (χ2v) is 5.48. The van der Waals surface area contributed by atoms with Gasteiger partial charge in [0.2, 0.25) is 5.91 Å². The number of nitro groups is 1. The Labute approximate surface area is 132 Å². The van der Waals surface area contributed by atoms with Crippen LogP contribution in [-0.4, -0.2) is 26.8 Å². The fraction of sp³-hybridized carbons (Fsp3) is 0.182. The number of aromatic nitrogens is 2. The molecule has 0 unspecified atom stereocenters. The van der Waals surface area contributed by atoms with Crippen LogP contribution in [0.5, 0.6) is 0 Å². The van der Waals surface area contributed by atoms with Crippen LogP contribution < -0.4 is 5.43 Å². The van der Waals surface area contributed by atoms with Crippen LogP contribution in [0.4, 0.5) is 10.2 Å². The van der Waals surface area contributed by atoms with Crippen molar-refractivity contribution in [1.29, 1.82) is 0 Å². The van der Waals surface area contributed by atoms with Crippen molar-refractivity contribution in [2.45, 2.75) is 13.0 Å². The predicted octanol–water partition coefficient (Wildman–Crippen LogP) is 2.19. The van der Waals surface area contributed by atoms with E-state index in [0.29, 0.717) is 4.88 Å². The van der Waals surface area contributed by atoms with Crippen molar-refractivity contribution in [3.63, 3.8) is 0 Å². The van der Waals surface area contributed by atoms with Gasteiger partial charge in [0.1, 0.15) is 0 Å². The molecule has 2 aromatic rings. The highest BCUT2D eigenvalue weighted by atomic mass is 35.5. The van der Waals surface area contributed by atoms with Gasteiger partial charge in [-0.2, -0.15) is 14.2 Å². The molecule has 0 aliphatic rings. The molecule has 0 bridgehead atoms. The van der Waals surface area contributed by atoms with Gasteiger partial charge in [-0.3, -0.25) is 4.79 Å². The molecule has 1 N–H and O–H groups in total. The minimum atomic E-state index is -0.705. The third-order valence-corrected chi connectivity index (χ3v) is 3.49. The molecule has 0 saturated heterocycles. The van der Waals surface area contributed by atoms with Crippen LogP contribution in [0.15, 0.2) is 23.4 Å². The van der Waals surface area contributed by atoms with Gasteiger partial charge in [0.25, 0.3) is 0 Å². The predicted molar refractivity (Wildman–Crippen MR) is 78.5 cm³/mol. The van der Waals surface area contributed by atoms with E-state index in [4.69, 9.17) is 11.6 Å². The van der Waals surface area contributed by atoms with E-state index in [0.717, 1.165) is 11.3 Å². The molecule has 2 aromatic heterocycles. The Balaban J connectivity index is 1.81. The standard InChI is InChI=1S/C11H9ClFN5O3S/c12-8-6-17(16-11(8)18(20)21)4-3-10(19)15-14-5-7-1-2-9(13)22-7/h1-2,5-6H,3-4H2,(H,15,19)/b14-5+. The molecule has 2 heterocycles. The first-order chi connectivity index (χ1) is 10.5. The molecule has 0 atom stereocenters. The monoisotopic (exact) mass is 345 g/mol. The number of nitrogens with one attached hydrogen (secondary N) is 1. The highest BCUT2D eigenvalue weighted by Crippen LogP contribution is 2.21. The summed E-state index contributed by atoms with van der Waals surface area (Å²) in [6.07, 6.45) is 2.59. The van der Waals surface area contributed by atoms with E-state index in [2.05, 4.69) is 15.6 Å². The van der Waals surface area contributed by atoms with Crippen LogP contribution in [0.2, 0.25) is 5.02 Å². The summed E-state index contributed by atoms with van der Waals surface area (Å²) in [5.41, 5.74) is 2.26. The maximum absolute atomic E-state index is 12.7. The lowest BCUT2D eigenvalue weighted by Gasteiger charge is -1.97. The van der Waals surface area contributed by atoms with Crippen LogP contribution in [0.1, 0.15) is 11.3 Å². The molecule has 11 heteroatoms. The molecule has 0 radical (unpaired) electrons. The molecule has 0 saturated carbocycles. The molecule has 0 aliphatic heterocycles. The summed E-state index contributed by atoms with van der Waals surface area (Å²) in [4.78, 5) is 22.0. The number of hydrogen-bond acceptors (Lipinski definition) is 6. The minimum Gasteiger partial charge on any atom is -0.358 e. The summed E-state index contributed by atoms with van der Waals surface area (Å²) >= 11 is 6.53. The number of aryl methyl sites for hydroxylation is 1. The molecule has 0 aliphatic carbocycles. The third-order valence-electron chi connectivity index (χ3n) is 2.42. The van der Waals surface area contributed by atoms with Gasteiger partial charge in [-0.15, -0.1) is 11.3 Å². The molecule has 2 rings (SSSR count). The van der Waals surface area contributed by atoms with E-state index in [1.807, 2.05) is 0 Å². The zero-order chi connectivity index (χ0) is 16.1. The Bertz CT molecular complexity index is 729. The van der Waals surface area contributed by atoms with Crippen molar-refractivity contribution in [2.24, 2.45) is 5.10 Å². The molecule has 1 amide bonds. The first kappa shape index (κ1) is 16.0. The number of halogens is 2.